The first-order valence-corrected chi connectivity index (χ1v) is 22.9. The fraction of sp³-hybridized carbons (Fsp3) is 0.810. The lowest BCUT2D eigenvalue weighted by Gasteiger charge is -2.28. The second-order valence-electron chi connectivity index (χ2n) is 14.7. The minimum Gasteiger partial charge on any atom is -1.00 e. The molecule has 0 saturated heterocycles. The Morgan fingerprint density at radius 1 is 0.426 bits per heavy atom. The van der Waals surface area contributed by atoms with Gasteiger partial charge in [-0.3, -0.25) is 14.5 Å². The van der Waals surface area contributed by atoms with Crippen molar-refractivity contribution in [3.63, 3.8) is 0 Å². The van der Waals surface area contributed by atoms with Crippen LogP contribution in [0.2, 0.25) is 0 Å². The Kier molecular flexibility index (Phi) is 27.4. The Morgan fingerprint density at radius 3 is 1.02 bits per heavy atom. The summed E-state index contributed by atoms with van der Waals surface area (Å²) < 4.78 is 0. The van der Waals surface area contributed by atoms with Crippen LogP contribution in [0.5, 0.6) is 0 Å². The number of rotatable bonds is 32. The summed E-state index contributed by atoms with van der Waals surface area (Å²) in [6.07, 6.45) is 42.4. The highest BCUT2D eigenvalue weighted by Gasteiger charge is 2.35. The van der Waals surface area contributed by atoms with Gasteiger partial charge in [0.2, 0.25) is 0 Å². The molecule has 1 aromatic carbocycles. The first-order valence-electron chi connectivity index (χ1n) is 20.4. The van der Waals surface area contributed by atoms with E-state index in [4.69, 9.17) is 0 Å². The smallest absolute Gasteiger partial charge is 0.261 e. The van der Waals surface area contributed by atoms with Crippen LogP contribution in [-0.4, -0.2) is 47.9 Å². The fourth-order valence-electron chi connectivity index (χ4n) is 7.57. The summed E-state index contributed by atoms with van der Waals surface area (Å²) in [5, 5.41) is 0. The molecule has 1 heterocycles. The van der Waals surface area contributed by atoms with Gasteiger partial charge in [-0.2, -0.15) is 0 Å². The molecule has 0 aliphatic carbocycles. The molecule has 272 valence electrons. The summed E-state index contributed by atoms with van der Waals surface area (Å²) in [6, 6.07) is 7.24. The third kappa shape index (κ3) is 18.7. The maximum absolute atomic E-state index is 12.6. The zero-order valence-corrected chi connectivity index (χ0v) is 33.8. The van der Waals surface area contributed by atoms with Crippen molar-refractivity contribution >= 4 is 19.1 Å². The largest absolute Gasteiger partial charge is 1.00 e. The molecule has 0 bridgehead atoms. The van der Waals surface area contributed by atoms with Gasteiger partial charge in [-0.05, 0) is 69.9 Å². The van der Waals surface area contributed by atoms with Gasteiger partial charge in [-0.1, -0.05) is 142 Å². The standard InChI is InChI=1S/C42H75NO2P.BrH/c1-4-7-10-13-21-28-35-46(36-29-22-14-11-8-5-2,37-30-23-15-12-9-6-3)38-31-24-19-17-16-18-20-27-34-43-41(44)39-32-25-26-33-40(39)42(43)45;/h25-26,32-33H,4-24,27-31,34-38H2,1-3H3;1H/q+1;/p-1. The highest BCUT2D eigenvalue weighted by Crippen LogP contribution is 2.61. The minimum absolute atomic E-state index is 0. The van der Waals surface area contributed by atoms with E-state index < -0.39 is 7.26 Å². The van der Waals surface area contributed by atoms with Crippen LogP contribution < -0.4 is 17.0 Å². The molecule has 5 heteroatoms. The van der Waals surface area contributed by atoms with Gasteiger partial charge in [0, 0.05) is 13.8 Å². The first kappa shape index (κ1) is 44.3. The highest BCUT2D eigenvalue weighted by atomic mass is 79.9. The van der Waals surface area contributed by atoms with Gasteiger partial charge in [0.25, 0.3) is 11.8 Å². The summed E-state index contributed by atoms with van der Waals surface area (Å²) in [6.45, 7) is 7.56. The normalized spacial score (nSPS) is 13.0. The van der Waals surface area contributed by atoms with Crippen LogP contribution in [0.15, 0.2) is 24.3 Å². The second kappa shape index (κ2) is 29.0. The molecule has 47 heavy (non-hydrogen) atoms. The van der Waals surface area contributed by atoms with Gasteiger partial charge in [-0.15, -0.1) is 0 Å². The molecule has 0 unspecified atom stereocenters. The molecule has 0 radical (unpaired) electrons. The zero-order valence-electron chi connectivity index (χ0n) is 31.3. The van der Waals surface area contributed by atoms with Gasteiger partial charge in [0.1, 0.15) is 0 Å². The number of unbranched alkanes of at least 4 members (excludes halogenated alkanes) is 22. The number of hydrogen-bond donors (Lipinski definition) is 0. The lowest BCUT2D eigenvalue weighted by molar-refractivity contribution is -0.0000332. The van der Waals surface area contributed by atoms with Crippen molar-refractivity contribution in [3.05, 3.63) is 35.4 Å². The Labute approximate surface area is 303 Å². The number of benzene rings is 1. The molecule has 3 nitrogen and oxygen atoms in total. The number of hydrogen-bond acceptors (Lipinski definition) is 2. The van der Waals surface area contributed by atoms with E-state index in [1.54, 1.807) is 36.8 Å². The maximum Gasteiger partial charge on any atom is 0.261 e. The molecule has 0 N–H and O–H groups in total. The topological polar surface area (TPSA) is 37.4 Å². The van der Waals surface area contributed by atoms with Crippen LogP contribution in [0, 0.1) is 0 Å². The van der Waals surface area contributed by atoms with E-state index in [-0.39, 0.29) is 28.8 Å². The van der Waals surface area contributed by atoms with Crippen molar-refractivity contribution in [2.45, 2.75) is 188 Å². The number of imide groups is 1. The SMILES string of the molecule is CCCCCCCC[P+](CCCCCCCC)(CCCCCCCC)CCCCCCCCCCN1C(=O)c2ccccc2C1=O.[Br-]. The molecule has 1 aromatic rings. The molecule has 2 rings (SSSR count). The van der Waals surface area contributed by atoms with Crippen LogP contribution in [0.1, 0.15) is 208 Å². The van der Waals surface area contributed by atoms with Gasteiger partial charge >= 0.3 is 0 Å². The number of carbonyl (C=O) groups excluding carboxylic acids is 2. The predicted octanol–water partition coefficient (Wildman–Crippen LogP) is 10.5. The molecule has 0 spiro atoms. The average Bonchev–Trinajstić information content (AvgIpc) is 3.31. The molecule has 0 aromatic heterocycles. The fourth-order valence-corrected chi connectivity index (χ4v) is 12.5. The van der Waals surface area contributed by atoms with Crippen LogP contribution >= 0.6 is 7.26 Å². The Balaban J connectivity index is 0.0000110. The van der Waals surface area contributed by atoms with Crippen LogP contribution in [0.25, 0.3) is 0 Å². The molecule has 0 saturated carbocycles. The van der Waals surface area contributed by atoms with E-state index in [9.17, 15) is 9.59 Å². The molecule has 0 fully saturated rings. The van der Waals surface area contributed by atoms with Gasteiger partial charge in [0.05, 0.1) is 35.8 Å². The zero-order chi connectivity index (χ0) is 33.1. The van der Waals surface area contributed by atoms with Crippen LogP contribution in [-0.2, 0) is 0 Å². The van der Waals surface area contributed by atoms with Gasteiger partial charge in [0.15, 0.2) is 0 Å². The first-order chi connectivity index (χ1) is 22.6. The molecular weight excluding hydrogens is 661 g/mol. The van der Waals surface area contributed by atoms with Crippen LogP contribution in [0.3, 0.4) is 0 Å². The number of amides is 2. The maximum atomic E-state index is 12.6. The number of halogens is 1. The average molecular weight is 737 g/mol. The Morgan fingerprint density at radius 2 is 0.702 bits per heavy atom. The van der Waals surface area contributed by atoms with Gasteiger partial charge < -0.3 is 17.0 Å². The highest BCUT2D eigenvalue weighted by molar-refractivity contribution is 7.75. The summed E-state index contributed by atoms with van der Waals surface area (Å²) in [5.74, 6) is -0.215. The lowest BCUT2D eigenvalue weighted by Crippen LogP contribution is -3.00. The second-order valence-corrected chi connectivity index (χ2v) is 19.1. The number of carbonyl (C=O) groups is 2. The molecule has 2 amide bonds. The van der Waals surface area contributed by atoms with E-state index in [1.807, 2.05) is 12.1 Å². The quantitative estimate of drug-likeness (QED) is 0.0420. The van der Waals surface area contributed by atoms with Crippen molar-refractivity contribution in [1.29, 1.82) is 0 Å². The summed E-state index contributed by atoms with van der Waals surface area (Å²) in [4.78, 5) is 26.6. The summed E-state index contributed by atoms with van der Waals surface area (Å²) >= 11 is 0. The van der Waals surface area contributed by atoms with Crippen molar-refractivity contribution in [2.24, 2.45) is 0 Å². The molecule has 1 aliphatic heterocycles. The summed E-state index contributed by atoms with van der Waals surface area (Å²) in [7, 11) is -0.835. The third-order valence-corrected chi connectivity index (χ3v) is 15.7. The van der Waals surface area contributed by atoms with E-state index in [2.05, 4.69) is 20.8 Å². The van der Waals surface area contributed by atoms with Crippen molar-refractivity contribution in [3.8, 4) is 0 Å². The van der Waals surface area contributed by atoms with Gasteiger partial charge in [-0.25, -0.2) is 0 Å². The molecular formula is C42H75BrNO2P. The Hall–Kier alpha value is -0.730. The molecule has 0 atom stereocenters. The third-order valence-electron chi connectivity index (χ3n) is 10.6. The molecule has 1 aliphatic rings. The van der Waals surface area contributed by atoms with Crippen molar-refractivity contribution in [1.82, 2.24) is 4.90 Å². The summed E-state index contributed by atoms with van der Waals surface area (Å²) in [5.41, 5.74) is 1.15. The Bertz CT molecular complexity index is 846. The lowest BCUT2D eigenvalue weighted by atomic mass is 10.1. The number of nitrogens with zero attached hydrogens (tertiary/aromatic N) is 1. The van der Waals surface area contributed by atoms with Crippen molar-refractivity contribution in [2.75, 3.05) is 31.2 Å². The number of fused-ring (bicyclic) bond motifs is 1. The van der Waals surface area contributed by atoms with E-state index in [1.165, 1.54) is 159 Å². The van der Waals surface area contributed by atoms with Crippen molar-refractivity contribution < 1.29 is 26.6 Å². The minimum atomic E-state index is -0.835. The van der Waals surface area contributed by atoms with Crippen LogP contribution in [0.4, 0.5) is 0 Å². The van der Waals surface area contributed by atoms with E-state index in [0.29, 0.717) is 17.7 Å². The van der Waals surface area contributed by atoms with E-state index in [0.717, 1.165) is 12.8 Å². The monoisotopic (exact) mass is 735 g/mol. The van der Waals surface area contributed by atoms with E-state index >= 15 is 0 Å². The predicted molar refractivity (Wildman–Crippen MR) is 205 cm³/mol.